The third kappa shape index (κ3) is 3.19. The number of nitrogens with zero attached hydrogens (tertiary/aromatic N) is 2. The summed E-state index contributed by atoms with van der Waals surface area (Å²) in [6.45, 7) is 11.0. The van der Waals surface area contributed by atoms with Gasteiger partial charge in [-0.1, -0.05) is 20.3 Å². The predicted molar refractivity (Wildman–Crippen MR) is 80.5 cm³/mol. The highest BCUT2D eigenvalue weighted by molar-refractivity contribution is 5.24. The Bertz CT molecular complexity index is 408. The number of aromatic nitrogens is 2. The molecule has 1 aliphatic rings. The van der Waals surface area contributed by atoms with E-state index in [0.717, 1.165) is 31.5 Å². The van der Waals surface area contributed by atoms with Crippen molar-refractivity contribution < 1.29 is 0 Å². The van der Waals surface area contributed by atoms with Gasteiger partial charge in [0.05, 0.1) is 5.69 Å². The molecule has 0 bridgehead atoms. The molecule has 0 aromatic carbocycles. The molecule has 3 heteroatoms. The highest BCUT2D eigenvalue weighted by Crippen LogP contribution is 2.29. The summed E-state index contributed by atoms with van der Waals surface area (Å²) in [4.78, 5) is 0. The van der Waals surface area contributed by atoms with Crippen molar-refractivity contribution in [3.05, 3.63) is 17.0 Å². The summed E-state index contributed by atoms with van der Waals surface area (Å²) >= 11 is 0. The zero-order valence-electron chi connectivity index (χ0n) is 13.0. The van der Waals surface area contributed by atoms with Gasteiger partial charge in [0.15, 0.2) is 0 Å². The van der Waals surface area contributed by atoms with Crippen LogP contribution in [-0.2, 0) is 13.0 Å². The van der Waals surface area contributed by atoms with E-state index in [0.29, 0.717) is 0 Å². The average molecular weight is 263 g/mol. The molecule has 0 amide bonds. The monoisotopic (exact) mass is 263 g/mol. The molecular formula is C16H29N3. The van der Waals surface area contributed by atoms with Gasteiger partial charge in [-0.05, 0) is 57.6 Å². The van der Waals surface area contributed by atoms with Crippen LogP contribution in [0.1, 0.15) is 56.5 Å². The highest BCUT2D eigenvalue weighted by atomic mass is 15.3. The SMILES string of the molecule is CCNC1CCCC1CCn1nc(C)c(CC)c1C. The minimum absolute atomic E-state index is 0.743. The van der Waals surface area contributed by atoms with Crippen molar-refractivity contribution in [3.63, 3.8) is 0 Å². The van der Waals surface area contributed by atoms with Crippen LogP contribution in [0.4, 0.5) is 0 Å². The number of hydrogen-bond acceptors (Lipinski definition) is 2. The van der Waals surface area contributed by atoms with Gasteiger partial charge in [-0.25, -0.2) is 0 Å². The molecule has 1 fully saturated rings. The van der Waals surface area contributed by atoms with Crippen LogP contribution in [0.2, 0.25) is 0 Å². The van der Waals surface area contributed by atoms with Gasteiger partial charge in [0.25, 0.3) is 0 Å². The molecule has 1 aliphatic carbocycles. The molecule has 108 valence electrons. The number of rotatable bonds is 6. The minimum atomic E-state index is 0.743. The summed E-state index contributed by atoms with van der Waals surface area (Å²) in [6.07, 6.45) is 6.50. The topological polar surface area (TPSA) is 29.9 Å². The maximum Gasteiger partial charge on any atom is 0.0628 e. The molecular weight excluding hydrogens is 234 g/mol. The normalized spacial score (nSPS) is 23.2. The third-order valence-electron chi connectivity index (χ3n) is 4.72. The summed E-state index contributed by atoms with van der Waals surface area (Å²) in [7, 11) is 0. The molecule has 2 unspecified atom stereocenters. The van der Waals surface area contributed by atoms with Crippen LogP contribution in [0, 0.1) is 19.8 Å². The summed E-state index contributed by atoms with van der Waals surface area (Å²) in [5.41, 5.74) is 4.03. The van der Waals surface area contributed by atoms with Crippen LogP contribution < -0.4 is 5.32 Å². The fraction of sp³-hybridized carbons (Fsp3) is 0.812. The van der Waals surface area contributed by atoms with Gasteiger partial charge in [-0.3, -0.25) is 4.68 Å². The van der Waals surface area contributed by atoms with Gasteiger partial charge in [-0.2, -0.15) is 5.10 Å². The minimum Gasteiger partial charge on any atom is -0.314 e. The average Bonchev–Trinajstić information content (AvgIpc) is 2.93. The lowest BCUT2D eigenvalue weighted by Crippen LogP contribution is -2.32. The highest BCUT2D eigenvalue weighted by Gasteiger charge is 2.26. The summed E-state index contributed by atoms with van der Waals surface area (Å²) in [5.74, 6) is 0.842. The van der Waals surface area contributed by atoms with E-state index in [-0.39, 0.29) is 0 Å². The lowest BCUT2D eigenvalue weighted by molar-refractivity contribution is 0.357. The van der Waals surface area contributed by atoms with Gasteiger partial charge < -0.3 is 5.32 Å². The smallest absolute Gasteiger partial charge is 0.0628 e. The molecule has 2 rings (SSSR count). The predicted octanol–water partition coefficient (Wildman–Crippen LogP) is 3.23. The van der Waals surface area contributed by atoms with E-state index in [1.807, 2.05) is 0 Å². The molecule has 0 radical (unpaired) electrons. The zero-order chi connectivity index (χ0) is 13.8. The Kier molecular flexibility index (Phi) is 5.03. The van der Waals surface area contributed by atoms with Gasteiger partial charge >= 0.3 is 0 Å². The summed E-state index contributed by atoms with van der Waals surface area (Å²) in [5, 5.41) is 8.35. The lowest BCUT2D eigenvalue weighted by Gasteiger charge is -2.20. The molecule has 1 aromatic heterocycles. The van der Waals surface area contributed by atoms with Crippen molar-refractivity contribution in [2.75, 3.05) is 6.54 Å². The molecule has 2 atom stereocenters. The largest absolute Gasteiger partial charge is 0.314 e. The third-order valence-corrected chi connectivity index (χ3v) is 4.72. The van der Waals surface area contributed by atoms with E-state index in [1.165, 1.54) is 42.6 Å². The summed E-state index contributed by atoms with van der Waals surface area (Å²) < 4.78 is 2.23. The Morgan fingerprint density at radius 2 is 2.05 bits per heavy atom. The van der Waals surface area contributed by atoms with Gasteiger partial charge in [0.1, 0.15) is 0 Å². The van der Waals surface area contributed by atoms with Gasteiger partial charge in [-0.15, -0.1) is 0 Å². The van der Waals surface area contributed by atoms with Crippen LogP contribution in [0.25, 0.3) is 0 Å². The van der Waals surface area contributed by atoms with Crippen LogP contribution in [0.15, 0.2) is 0 Å². The zero-order valence-corrected chi connectivity index (χ0v) is 13.0. The standard InChI is InChI=1S/C16H29N3/c1-5-15-12(3)18-19(13(15)4)11-10-14-8-7-9-16(14)17-6-2/h14,16-17H,5-11H2,1-4H3. The van der Waals surface area contributed by atoms with Crippen LogP contribution in [-0.4, -0.2) is 22.4 Å². The molecule has 1 heterocycles. The molecule has 1 saturated carbocycles. The van der Waals surface area contributed by atoms with Gasteiger partial charge in [0.2, 0.25) is 0 Å². The van der Waals surface area contributed by atoms with Crippen molar-refractivity contribution in [1.29, 1.82) is 0 Å². The molecule has 1 aromatic rings. The number of hydrogen-bond donors (Lipinski definition) is 1. The summed E-state index contributed by atoms with van der Waals surface area (Å²) in [6, 6.07) is 0.743. The first-order valence-electron chi connectivity index (χ1n) is 7.93. The van der Waals surface area contributed by atoms with E-state index >= 15 is 0 Å². The van der Waals surface area contributed by atoms with E-state index in [9.17, 15) is 0 Å². The van der Waals surface area contributed by atoms with E-state index in [4.69, 9.17) is 5.10 Å². The lowest BCUT2D eigenvalue weighted by atomic mass is 9.99. The first-order chi connectivity index (χ1) is 9.17. The van der Waals surface area contributed by atoms with E-state index in [2.05, 4.69) is 37.7 Å². The van der Waals surface area contributed by atoms with Gasteiger partial charge in [0, 0.05) is 18.3 Å². The van der Waals surface area contributed by atoms with E-state index in [1.54, 1.807) is 0 Å². The second-order valence-electron chi connectivity index (χ2n) is 5.87. The van der Waals surface area contributed by atoms with Crippen molar-refractivity contribution in [3.8, 4) is 0 Å². The maximum absolute atomic E-state index is 4.71. The molecule has 1 N–H and O–H groups in total. The van der Waals surface area contributed by atoms with Crippen molar-refractivity contribution >= 4 is 0 Å². The quantitative estimate of drug-likeness (QED) is 0.854. The first-order valence-corrected chi connectivity index (χ1v) is 7.93. The second kappa shape index (κ2) is 6.56. The maximum atomic E-state index is 4.71. The molecule has 0 aliphatic heterocycles. The Hall–Kier alpha value is -0.830. The number of aryl methyl sites for hydroxylation is 2. The Morgan fingerprint density at radius 3 is 2.68 bits per heavy atom. The van der Waals surface area contributed by atoms with Crippen LogP contribution in [0.5, 0.6) is 0 Å². The fourth-order valence-electron chi connectivity index (χ4n) is 3.66. The van der Waals surface area contributed by atoms with Crippen LogP contribution in [0.3, 0.4) is 0 Å². The second-order valence-corrected chi connectivity index (χ2v) is 5.87. The molecule has 0 spiro atoms. The Balaban J connectivity index is 1.95. The Labute approximate surface area is 117 Å². The van der Waals surface area contributed by atoms with Crippen molar-refractivity contribution in [2.45, 2.75) is 72.4 Å². The fourth-order valence-corrected chi connectivity index (χ4v) is 3.66. The molecule has 3 nitrogen and oxygen atoms in total. The number of nitrogens with one attached hydrogen (secondary N) is 1. The van der Waals surface area contributed by atoms with E-state index < -0.39 is 0 Å². The Morgan fingerprint density at radius 1 is 1.26 bits per heavy atom. The first kappa shape index (κ1) is 14.6. The van der Waals surface area contributed by atoms with Crippen molar-refractivity contribution in [2.24, 2.45) is 5.92 Å². The van der Waals surface area contributed by atoms with Crippen molar-refractivity contribution in [1.82, 2.24) is 15.1 Å². The molecule has 19 heavy (non-hydrogen) atoms. The van der Waals surface area contributed by atoms with Crippen LogP contribution >= 0.6 is 0 Å². The molecule has 0 saturated heterocycles.